The zero-order chi connectivity index (χ0) is 12.3. The maximum absolute atomic E-state index is 5.68. The SMILES string of the molecule is CC(Nc1ccc(Cl)nn1)c1cccc(Br)c1. The molecule has 1 aromatic carbocycles. The molecule has 88 valence electrons. The predicted octanol–water partition coefficient (Wildman–Crippen LogP) is 4.07. The van der Waals surface area contributed by atoms with Crippen LogP contribution in [0.1, 0.15) is 18.5 Å². The number of benzene rings is 1. The number of nitrogens with one attached hydrogen (secondary N) is 1. The summed E-state index contributed by atoms with van der Waals surface area (Å²) in [4.78, 5) is 0. The van der Waals surface area contributed by atoms with Crippen LogP contribution in [0, 0.1) is 0 Å². The highest BCUT2D eigenvalue weighted by atomic mass is 79.9. The zero-order valence-electron chi connectivity index (χ0n) is 9.19. The Morgan fingerprint density at radius 3 is 2.71 bits per heavy atom. The van der Waals surface area contributed by atoms with Crippen LogP contribution in [0.15, 0.2) is 40.9 Å². The lowest BCUT2D eigenvalue weighted by molar-refractivity contribution is 0.860. The Kier molecular flexibility index (Phi) is 3.97. The third-order valence-electron chi connectivity index (χ3n) is 2.35. The van der Waals surface area contributed by atoms with E-state index in [0.29, 0.717) is 11.0 Å². The molecule has 2 aromatic rings. The standard InChI is InChI=1S/C12H11BrClN3/c1-8(9-3-2-4-10(13)7-9)15-12-6-5-11(14)16-17-12/h2-8H,1H3,(H,15,17). The van der Waals surface area contributed by atoms with Crippen molar-refractivity contribution in [2.24, 2.45) is 0 Å². The van der Waals surface area contributed by atoms with E-state index in [-0.39, 0.29) is 6.04 Å². The molecular weight excluding hydrogens is 302 g/mol. The van der Waals surface area contributed by atoms with Gasteiger partial charge >= 0.3 is 0 Å². The van der Waals surface area contributed by atoms with Crippen LogP contribution in [0.3, 0.4) is 0 Å². The van der Waals surface area contributed by atoms with Crippen LogP contribution in [-0.4, -0.2) is 10.2 Å². The molecule has 1 aromatic heterocycles. The third-order valence-corrected chi connectivity index (χ3v) is 3.04. The smallest absolute Gasteiger partial charge is 0.151 e. The van der Waals surface area contributed by atoms with Crippen molar-refractivity contribution in [1.82, 2.24) is 10.2 Å². The van der Waals surface area contributed by atoms with Gasteiger partial charge in [-0.2, -0.15) is 0 Å². The highest BCUT2D eigenvalue weighted by Gasteiger charge is 2.06. The molecule has 0 radical (unpaired) electrons. The van der Waals surface area contributed by atoms with Crippen molar-refractivity contribution in [3.05, 3.63) is 51.6 Å². The van der Waals surface area contributed by atoms with Gasteiger partial charge in [0.15, 0.2) is 5.15 Å². The van der Waals surface area contributed by atoms with Crippen LogP contribution < -0.4 is 5.32 Å². The Balaban J connectivity index is 2.11. The van der Waals surface area contributed by atoms with Crippen molar-refractivity contribution in [2.45, 2.75) is 13.0 Å². The molecule has 3 nitrogen and oxygen atoms in total. The quantitative estimate of drug-likeness (QED) is 0.928. The van der Waals surface area contributed by atoms with Gasteiger partial charge in [-0.15, -0.1) is 10.2 Å². The molecule has 0 saturated heterocycles. The predicted molar refractivity (Wildman–Crippen MR) is 73.2 cm³/mol. The van der Waals surface area contributed by atoms with Crippen molar-refractivity contribution < 1.29 is 0 Å². The first-order valence-electron chi connectivity index (χ1n) is 5.16. The van der Waals surface area contributed by atoms with Crippen LogP contribution >= 0.6 is 27.5 Å². The molecule has 5 heteroatoms. The summed E-state index contributed by atoms with van der Waals surface area (Å²) < 4.78 is 1.06. The molecule has 1 heterocycles. The summed E-state index contributed by atoms with van der Waals surface area (Å²) in [7, 11) is 0. The molecule has 0 spiro atoms. The van der Waals surface area contributed by atoms with E-state index in [2.05, 4.69) is 50.5 Å². The number of nitrogens with zero attached hydrogens (tertiary/aromatic N) is 2. The van der Waals surface area contributed by atoms with E-state index in [1.807, 2.05) is 18.2 Å². The summed E-state index contributed by atoms with van der Waals surface area (Å²) >= 11 is 9.13. The molecule has 2 rings (SSSR count). The van der Waals surface area contributed by atoms with E-state index < -0.39 is 0 Å². The summed E-state index contributed by atoms with van der Waals surface area (Å²) in [6.45, 7) is 2.07. The van der Waals surface area contributed by atoms with Gasteiger partial charge in [-0.3, -0.25) is 0 Å². The summed E-state index contributed by atoms with van der Waals surface area (Å²) in [6.07, 6.45) is 0. The lowest BCUT2D eigenvalue weighted by Crippen LogP contribution is -2.08. The van der Waals surface area contributed by atoms with Crippen molar-refractivity contribution in [2.75, 3.05) is 5.32 Å². The van der Waals surface area contributed by atoms with E-state index in [4.69, 9.17) is 11.6 Å². The molecule has 17 heavy (non-hydrogen) atoms. The molecule has 0 aliphatic heterocycles. The van der Waals surface area contributed by atoms with Gasteiger partial charge in [-0.05, 0) is 36.8 Å². The number of aromatic nitrogens is 2. The Morgan fingerprint density at radius 1 is 1.24 bits per heavy atom. The molecule has 0 fully saturated rings. The topological polar surface area (TPSA) is 37.8 Å². The maximum atomic E-state index is 5.68. The van der Waals surface area contributed by atoms with Crippen molar-refractivity contribution >= 4 is 33.3 Å². The van der Waals surface area contributed by atoms with Gasteiger partial charge in [0.05, 0.1) is 6.04 Å². The highest BCUT2D eigenvalue weighted by molar-refractivity contribution is 9.10. The molecule has 0 saturated carbocycles. The van der Waals surface area contributed by atoms with Gasteiger partial charge in [-0.1, -0.05) is 39.7 Å². The summed E-state index contributed by atoms with van der Waals surface area (Å²) in [5, 5.41) is 11.4. The first kappa shape index (κ1) is 12.3. The highest BCUT2D eigenvalue weighted by Crippen LogP contribution is 2.21. The minimum absolute atomic E-state index is 0.156. The number of rotatable bonds is 3. The van der Waals surface area contributed by atoms with Crippen LogP contribution in [-0.2, 0) is 0 Å². The minimum Gasteiger partial charge on any atom is -0.362 e. The molecule has 0 aliphatic rings. The van der Waals surface area contributed by atoms with Crippen LogP contribution in [0.2, 0.25) is 5.15 Å². The Labute approximate surface area is 113 Å². The van der Waals surface area contributed by atoms with Gasteiger partial charge < -0.3 is 5.32 Å². The summed E-state index contributed by atoms with van der Waals surface area (Å²) in [5.74, 6) is 0.710. The van der Waals surface area contributed by atoms with E-state index in [0.717, 1.165) is 4.47 Å². The van der Waals surface area contributed by atoms with Gasteiger partial charge in [0.2, 0.25) is 0 Å². The molecule has 0 amide bonds. The number of hydrogen-bond acceptors (Lipinski definition) is 3. The molecule has 1 N–H and O–H groups in total. The van der Waals surface area contributed by atoms with E-state index >= 15 is 0 Å². The van der Waals surface area contributed by atoms with E-state index in [1.165, 1.54) is 5.56 Å². The number of halogens is 2. The fourth-order valence-corrected chi connectivity index (χ4v) is 1.99. The molecular formula is C12H11BrClN3. The monoisotopic (exact) mass is 311 g/mol. The van der Waals surface area contributed by atoms with E-state index in [9.17, 15) is 0 Å². The Morgan fingerprint density at radius 2 is 2.06 bits per heavy atom. The average molecular weight is 313 g/mol. The summed E-state index contributed by atoms with van der Waals surface area (Å²) in [5.41, 5.74) is 1.18. The van der Waals surface area contributed by atoms with Gasteiger partial charge in [0.25, 0.3) is 0 Å². The lowest BCUT2D eigenvalue weighted by atomic mass is 10.1. The Bertz CT molecular complexity index is 501. The minimum atomic E-state index is 0.156. The number of anilines is 1. The third kappa shape index (κ3) is 3.41. The first-order chi connectivity index (χ1) is 8.15. The average Bonchev–Trinajstić information content (AvgIpc) is 2.32. The second kappa shape index (κ2) is 5.47. The number of hydrogen-bond donors (Lipinski definition) is 1. The fraction of sp³-hybridized carbons (Fsp3) is 0.167. The van der Waals surface area contributed by atoms with E-state index in [1.54, 1.807) is 6.07 Å². The molecule has 0 aliphatic carbocycles. The van der Waals surface area contributed by atoms with Crippen LogP contribution in [0.5, 0.6) is 0 Å². The van der Waals surface area contributed by atoms with Gasteiger partial charge in [0, 0.05) is 4.47 Å². The normalized spacial score (nSPS) is 12.2. The Hall–Kier alpha value is -1.13. The lowest BCUT2D eigenvalue weighted by Gasteiger charge is -2.14. The molecule has 0 bridgehead atoms. The van der Waals surface area contributed by atoms with Crippen LogP contribution in [0.25, 0.3) is 0 Å². The second-order valence-electron chi connectivity index (χ2n) is 3.66. The molecule has 1 atom stereocenters. The van der Waals surface area contributed by atoms with Crippen molar-refractivity contribution in [3.63, 3.8) is 0 Å². The van der Waals surface area contributed by atoms with Crippen LogP contribution in [0.4, 0.5) is 5.82 Å². The maximum Gasteiger partial charge on any atom is 0.151 e. The molecule has 1 unspecified atom stereocenters. The van der Waals surface area contributed by atoms with Crippen molar-refractivity contribution in [3.8, 4) is 0 Å². The van der Waals surface area contributed by atoms with Gasteiger partial charge in [0.1, 0.15) is 5.82 Å². The first-order valence-corrected chi connectivity index (χ1v) is 6.33. The fourth-order valence-electron chi connectivity index (χ4n) is 1.47. The van der Waals surface area contributed by atoms with Crippen molar-refractivity contribution in [1.29, 1.82) is 0 Å². The van der Waals surface area contributed by atoms with Gasteiger partial charge in [-0.25, -0.2) is 0 Å². The second-order valence-corrected chi connectivity index (χ2v) is 4.97. The zero-order valence-corrected chi connectivity index (χ0v) is 11.5. The largest absolute Gasteiger partial charge is 0.362 e. The summed E-state index contributed by atoms with van der Waals surface area (Å²) in [6, 6.07) is 11.8.